The lowest BCUT2D eigenvalue weighted by Crippen LogP contribution is -2.16. The summed E-state index contributed by atoms with van der Waals surface area (Å²) < 4.78 is 39.6. The Morgan fingerprint density at radius 2 is 2.14 bits per heavy atom. The number of carbonyl (C=O) groups excluding carboxylic acids is 1. The largest absolute Gasteiger partial charge is 0.417 e. The number of alkyl halides is 3. The average Bonchev–Trinajstić information content (AvgIpc) is 3.02. The predicted molar refractivity (Wildman–Crippen MR) is 75.0 cm³/mol. The average molecular weight is 326 g/mol. The summed E-state index contributed by atoms with van der Waals surface area (Å²) in [6.07, 6.45) is -2.11. The molecule has 0 atom stereocenters. The van der Waals surface area contributed by atoms with Crippen LogP contribution in [0.4, 0.5) is 18.3 Å². The quantitative estimate of drug-likeness (QED) is 0.785. The SMILES string of the molecule is Cc1nc2ccc(C(F)(F)F)cn2c1C(=O)Nc1nccs1. The van der Waals surface area contributed by atoms with E-state index in [1.54, 1.807) is 12.3 Å². The molecule has 0 saturated heterocycles. The van der Waals surface area contributed by atoms with Crippen LogP contribution in [0.15, 0.2) is 29.9 Å². The van der Waals surface area contributed by atoms with Gasteiger partial charge in [-0.1, -0.05) is 0 Å². The predicted octanol–water partition coefficient (Wildman–Crippen LogP) is 3.37. The number of fused-ring (bicyclic) bond motifs is 1. The Labute approximate surface area is 126 Å². The summed E-state index contributed by atoms with van der Waals surface area (Å²) in [5.41, 5.74) is -0.180. The Hall–Kier alpha value is -2.42. The normalized spacial score (nSPS) is 11.8. The highest BCUT2D eigenvalue weighted by molar-refractivity contribution is 7.13. The number of thiazole rings is 1. The lowest BCUT2D eigenvalue weighted by atomic mass is 10.2. The molecule has 9 heteroatoms. The monoisotopic (exact) mass is 326 g/mol. The summed E-state index contributed by atoms with van der Waals surface area (Å²) in [5, 5.41) is 4.59. The van der Waals surface area contributed by atoms with Gasteiger partial charge in [0.15, 0.2) is 5.13 Å². The van der Waals surface area contributed by atoms with Gasteiger partial charge in [-0.2, -0.15) is 13.2 Å². The molecule has 114 valence electrons. The van der Waals surface area contributed by atoms with Crippen molar-refractivity contribution in [1.29, 1.82) is 0 Å². The van der Waals surface area contributed by atoms with Crippen molar-refractivity contribution in [2.75, 3.05) is 5.32 Å². The first kappa shape index (κ1) is 14.5. The summed E-state index contributed by atoms with van der Waals surface area (Å²) in [6.45, 7) is 1.57. The number of anilines is 1. The van der Waals surface area contributed by atoms with Crippen LogP contribution in [-0.4, -0.2) is 20.3 Å². The Bertz CT molecular complexity index is 839. The number of aryl methyl sites for hydroxylation is 1. The number of aromatic nitrogens is 3. The molecule has 3 rings (SSSR count). The molecule has 0 spiro atoms. The highest BCUT2D eigenvalue weighted by Crippen LogP contribution is 2.30. The van der Waals surface area contributed by atoms with Crippen LogP contribution < -0.4 is 5.32 Å². The van der Waals surface area contributed by atoms with E-state index in [0.717, 1.165) is 16.7 Å². The van der Waals surface area contributed by atoms with E-state index in [2.05, 4.69) is 15.3 Å². The third-order valence-corrected chi connectivity index (χ3v) is 3.68. The molecule has 0 bridgehead atoms. The van der Waals surface area contributed by atoms with E-state index >= 15 is 0 Å². The van der Waals surface area contributed by atoms with Crippen LogP contribution in [0.25, 0.3) is 5.65 Å². The molecule has 0 radical (unpaired) electrons. The summed E-state index contributed by atoms with van der Waals surface area (Å²) in [5.74, 6) is -0.556. The molecule has 0 aliphatic heterocycles. The minimum atomic E-state index is -4.49. The zero-order valence-corrected chi connectivity index (χ0v) is 12.0. The maximum Gasteiger partial charge on any atom is 0.417 e. The fraction of sp³-hybridized carbons (Fsp3) is 0.154. The van der Waals surface area contributed by atoms with Gasteiger partial charge in [-0.3, -0.25) is 14.5 Å². The smallest absolute Gasteiger partial charge is 0.296 e. The zero-order chi connectivity index (χ0) is 15.9. The van der Waals surface area contributed by atoms with Crippen LogP contribution in [0, 0.1) is 6.92 Å². The molecule has 1 amide bonds. The molecule has 22 heavy (non-hydrogen) atoms. The van der Waals surface area contributed by atoms with Gasteiger partial charge in [0.2, 0.25) is 0 Å². The summed E-state index contributed by atoms with van der Waals surface area (Å²) in [4.78, 5) is 20.3. The number of amides is 1. The Balaban J connectivity index is 2.08. The molecule has 0 aromatic carbocycles. The highest BCUT2D eigenvalue weighted by Gasteiger charge is 2.31. The number of nitrogens with zero attached hydrogens (tertiary/aromatic N) is 3. The molecule has 0 aliphatic carbocycles. The third-order valence-electron chi connectivity index (χ3n) is 2.99. The van der Waals surface area contributed by atoms with Crippen LogP contribution in [0.3, 0.4) is 0 Å². The first-order valence-corrected chi connectivity index (χ1v) is 7.01. The summed E-state index contributed by atoms with van der Waals surface area (Å²) >= 11 is 1.21. The molecule has 5 nitrogen and oxygen atoms in total. The van der Waals surface area contributed by atoms with Gasteiger partial charge in [-0.15, -0.1) is 11.3 Å². The first-order chi connectivity index (χ1) is 10.4. The van der Waals surface area contributed by atoms with Crippen molar-refractivity contribution in [3.8, 4) is 0 Å². The Kier molecular flexibility index (Phi) is 3.36. The van der Waals surface area contributed by atoms with Crippen molar-refractivity contribution in [2.45, 2.75) is 13.1 Å². The topological polar surface area (TPSA) is 59.3 Å². The van der Waals surface area contributed by atoms with Gasteiger partial charge in [0.1, 0.15) is 11.3 Å². The van der Waals surface area contributed by atoms with Crippen LogP contribution in [0.2, 0.25) is 0 Å². The van der Waals surface area contributed by atoms with Gasteiger partial charge in [0, 0.05) is 17.8 Å². The van der Waals surface area contributed by atoms with Gasteiger partial charge < -0.3 is 0 Å². The van der Waals surface area contributed by atoms with E-state index < -0.39 is 17.6 Å². The van der Waals surface area contributed by atoms with Gasteiger partial charge in [-0.05, 0) is 19.1 Å². The highest BCUT2D eigenvalue weighted by atomic mass is 32.1. The third kappa shape index (κ3) is 2.54. The molecule has 0 unspecified atom stereocenters. The number of hydrogen-bond acceptors (Lipinski definition) is 4. The Morgan fingerprint density at radius 3 is 2.77 bits per heavy atom. The summed E-state index contributed by atoms with van der Waals surface area (Å²) in [7, 11) is 0. The molecule has 3 aromatic rings. The minimum Gasteiger partial charge on any atom is -0.296 e. The molecule has 0 fully saturated rings. The molecule has 1 N–H and O–H groups in total. The zero-order valence-electron chi connectivity index (χ0n) is 11.2. The number of nitrogens with one attached hydrogen (secondary N) is 1. The second kappa shape index (κ2) is 5.09. The molecule has 0 aliphatic rings. The molecule has 0 saturated carbocycles. The van der Waals surface area contributed by atoms with Gasteiger partial charge >= 0.3 is 6.18 Å². The number of rotatable bonds is 2. The van der Waals surface area contributed by atoms with E-state index in [0.29, 0.717) is 10.8 Å². The van der Waals surface area contributed by atoms with Crippen molar-refractivity contribution in [2.24, 2.45) is 0 Å². The summed E-state index contributed by atoms with van der Waals surface area (Å²) in [6, 6.07) is 2.17. The van der Waals surface area contributed by atoms with E-state index in [9.17, 15) is 18.0 Å². The fourth-order valence-corrected chi connectivity index (χ4v) is 2.57. The first-order valence-electron chi connectivity index (χ1n) is 6.13. The second-order valence-corrected chi connectivity index (χ2v) is 5.38. The van der Waals surface area contributed by atoms with Crippen molar-refractivity contribution in [3.63, 3.8) is 0 Å². The second-order valence-electron chi connectivity index (χ2n) is 4.48. The maximum absolute atomic E-state index is 12.8. The lowest BCUT2D eigenvalue weighted by molar-refractivity contribution is -0.137. The molecular formula is C13H9F3N4OS. The number of hydrogen-bond donors (Lipinski definition) is 1. The van der Waals surface area contributed by atoms with E-state index in [1.807, 2.05) is 0 Å². The van der Waals surface area contributed by atoms with Gasteiger partial charge in [0.25, 0.3) is 5.91 Å². The molecule has 3 heterocycles. The number of halogens is 3. The number of carbonyl (C=O) groups is 1. The fourth-order valence-electron chi connectivity index (χ4n) is 2.05. The van der Waals surface area contributed by atoms with Crippen LogP contribution >= 0.6 is 11.3 Å². The standard InChI is InChI=1S/C13H9F3N4OS/c1-7-10(11(21)19-12-17-4-5-22-12)20-6-8(13(14,15)16)2-3-9(20)18-7/h2-6H,1H3,(H,17,19,21). The maximum atomic E-state index is 12.8. The van der Waals surface area contributed by atoms with Crippen molar-refractivity contribution >= 4 is 28.0 Å². The van der Waals surface area contributed by atoms with Crippen LogP contribution in [0.5, 0.6) is 0 Å². The van der Waals surface area contributed by atoms with Crippen LogP contribution in [-0.2, 0) is 6.18 Å². The Morgan fingerprint density at radius 1 is 1.36 bits per heavy atom. The van der Waals surface area contributed by atoms with Gasteiger partial charge in [-0.25, -0.2) is 9.97 Å². The number of imidazole rings is 1. The molecule has 3 aromatic heterocycles. The van der Waals surface area contributed by atoms with E-state index in [1.165, 1.54) is 23.6 Å². The minimum absolute atomic E-state index is 0.0521. The van der Waals surface area contributed by atoms with Crippen LogP contribution in [0.1, 0.15) is 21.7 Å². The van der Waals surface area contributed by atoms with Crippen molar-refractivity contribution < 1.29 is 18.0 Å². The molecular weight excluding hydrogens is 317 g/mol. The number of pyridine rings is 1. The van der Waals surface area contributed by atoms with Gasteiger partial charge in [0.05, 0.1) is 11.3 Å². The lowest BCUT2D eigenvalue weighted by Gasteiger charge is -2.08. The van der Waals surface area contributed by atoms with E-state index in [-0.39, 0.29) is 11.3 Å². The van der Waals surface area contributed by atoms with E-state index in [4.69, 9.17) is 0 Å². The van der Waals surface area contributed by atoms with Crippen molar-refractivity contribution in [1.82, 2.24) is 14.4 Å². The van der Waals surface area contributed by atoms with Crippen molar-refractivity contribution in [3.05, 3.63) is 46.9 Å².